The Morgan fingerprint density at radius 1 is 1.25 bits per heavy atom. The summed E-state index contributed by atoms with van der Waals surface area (Å²) < 4.78 is 0. The van der Waals surface area contributed by atoms with Gasteiger partial charge in [-0.25, -0.2) is 4.79 Å². The second-order valence-electron chi connectivity index (χ2n) is 3.09. The van der Waals surface area contributed by atoms with Crippen LogP contribution in [-0.4, -0.2) is 17.7 Å². The summed E-state index contributed by atoms with van der Waals surface area (Å²) in [5, 5.41) is 8.69. The lowest BCUT2D eigenvalue weighted by Crippen LogP contribution is -2.18. The maximum absolute atomic E-state index is 9.00. The Hall–Kier alpha value is -0.770. The van der Waals surface area contributed by atoms with Gasteiger partial charge in [0.15, 0.2) is 0 Å². The minimum absolute atomic E-state index is 0.417. The van der Waals surface area contributed by atoms with Crippen molar-refractivity contribution in [3.63, 3.8) is 0 Å². The fraction of sp³-hybridized carbons (Fsp3) is 0.875. The number of primary amides is 2. The number of carbonyl (C=O) groups excluding carboxylic acids is 1. The predicted molar refractivity (Wildman–Crippen MR) is 47.4 cm³/mol. The number of nitrogens with two attached hydrogens (primary N) is 2. The van der Waals surface area contributed by atoms with E-state index in [2.05, 4.69) is 11.5 Å². The van der Waals surface area contributed by atoms with Crippen LogP contribution >= 0.6 is 0 Å². The zero-order valence-electron chi connectivity index (χ0n) is 7.33. The first kappa shape index (κ1) is 11.2. The Balaban J connectivity index is 0.000000261. The number of amides is 2. The molecule has 2 amide bonds. The standard InChI is InChI=1S/C7H14O.CH4N2O/c8-6-7-4-2-1-3-5-7;2-1(3)4/h7-8H,1-6H2;(H4,2,3,4). The Labute approximate surface area is 72.9 Å². The SMILES string of the molecule is NC(N)=O.OCC1CCCCC1. The topological polar surface area (TPSA) is 89.3 Å². The molecule has 4 heteroatoms. The van der Waals surface area contributed by atoms with Crippen molar-refractivity contribution >= 4 is 6.03 Å². The number of rotatable bonds is 1. The van der Waals surface area contributed by atoms with Crippen LogP contribution in [0.15, 0.2) is 0 Å². The quantitative estimate of drug-likeness (QED) is 0.543. The molecule has 12 heavy (non-hydrogen) atoms. The zero-order chi connectivity index (χ0) is 9.40. The van der Waals surface area contributed by atoms with E-state index < -0.39 is 6.03 Å². The lowest BCUT2D eigenvalue weighted by molar-refractivity contribution is 0.190. The van der Waals surface area contributed by atoms with Crippen LogP contribution < -0.4 is 11.5 Å². The summed E-state index contributed by atoms with van der Waals surface area (Å²) in [6.45, 7) is 0.417. The fourth-order valence-electron chi connectivity index (χ4n) is 1.37. The Bertz CT molecular complexity index is 118. The number of urea groups is 1. The molecular weight excluding hydrogens is 156 g/mol. The van der Waals surface area contributed by atoms with E-state index in [0.29, 0.717) is 12.5 Å². The average molecular weight is 174 g/mol. The van der Waals surface area contributed by atoms with Gasteiger partial charge in [0.2, 0.25) is 0 Å². The molecule has 5 N–H and O–H groups in total. The van der Waals surface area contributed by atoms with Crippen molar-refractivity contribution < 1.29 is 9.90 Å². The summed E-state index contributed by atoms with van der Waals surface area (Å²) in [5.74, 6) is 0.642. The highest BCUT2D eigenvalue weighted by atomic mass is 16.3. The zero-order valence-corrected chi connectivity index (χ0v) is 7.33. The van der Waals surface area contributed by atoms with Crippen LogP contribution in [0, 0.1) is 5.92 Å². The van der Waals surface area contributed by atoms with Crippen LogP contribution in [-0.2, 0) is 0 Å². The molecule has 4 nitrogen and oxygen atoms in total. The molecule has 1 fully saturated rings. The molecule has 0 atom stereocenters. The molecule has 0 radical (unpaired) electrons. The summed E-state index contributed by atoms with van der Waals surface area (Å²) in [6, 6.07) is -0.833. The highest BCUT2D eigenvalue weighted by Crippen LogP contribution is 2.22. The van der Waals surface area contributed by atoms with Gasteiger partial charge in [0, 0.05) is 6.61 Å². The van der Waals surface area contributed by atoms with Crippen LogP contribution in [0.2, 0.25) is 0 Å². The van der Waals surface area contributed by atoms with Gasteiger partial charge in [0.05, 0.1) is 0 Å². The summed E-state index contributed by atoms with van der Waals surface area (Å²) >= 11 is 0. The van der Waals surface area contributed by atoms with E-state index in [1.54, 1.807) is 0 Å². The van der Waals surface area contributed by atoms with Gasteiger partial charge in [-0.15, -0.1) is 0 Å². The van der Waals surface area contributed by atoms with Crippen LogP contribution in [0.4, 0.5) is 4.79 Å². The van der Waals surface area contributed by atoms with E-state index in [1.165, 1.54) is 32.1 Å². The van der Waals surface area contributed by atoms with Crippen LogP contribution in [0.3, 0.4) is 0 Å². The molecule has 0 unspecified atom stereocenters. The van der Waals surface area contributed by atoms with Gasteiger partial charge in [-0.05, 0) is 18.8 Å². The third kappa shape index (κ3) is 7.34. The van der Waals surface area contributed by atoms with E-state index >= 15 is 0 Å². The van der Waals surface area contributed by atoms with E-state index in [9.17, 15) is 0 Å². The van der Waals surface area contributed by atoms with Crippen molar-refractivity contribution in [2.45, 2.75) is 32.1 Å². The number of aliphatic hydroxyl groups is 1. The van der Waals surface area contributed by atoms with Crippen molar-refractivity contribution in [2.75, 3.05) is 6.61 Å². The normalized spacial score (nSPS) is 17.8. The largest absolute Gasteiger partial charge is 0.396 e. The first-order chi connectivity index (χ1) is 5.66. The second kappa shape index (κ2) is 6.91. The third-order valence-corrected chi connectivity index (χ3v) is 1.98. The molecule has 0 aromatic rings. The number of carbonyl (C=O) groups is 1. The molecule has 0 bridgehead atoms. The highest BCUT2D eigenvalue weighted by Gasteiger charge is 2.10. The van der Waals surface area contributed by atoms with Gasteiger partial charge in [0.1, 0.15) is 0 Å². The van der Waals surface area contributed by atoms with Crippen molar-refractivity contribution in [1.29, 1.82) is 0 Å². The summed E-state index contributed by atoms with van der Waals surface area (Å²) in [5.41, 5.74) is 8.50. The van der Waals surface area contributed by atoms with E-state index in [0.717, 1.165) is 0 Å². The maximum atomic E-state index is 9.00. The molecule has 1 saturated carbocycles. The van der Waals surface area contributed by atoms with Gasteiger partial charge >= 0.3 is 6.03 Å². The molecule has 0 aliphatic heterocycles. The summed E-state index contributed by atoms with van der Waals surface area (Å²) in [7, 11) is 0. The third-order valence-electron chi connectivity index (χ3n) is 1.98. The van der Waals surface area contributed by atoms with Gasteiger partial charge < -0.3 is 16.6 Å². The lowest BCUT2D eigenvalue weighted by atomic mass is 9.90. The van der Waals surface area contributed by atoms with Crippen LogP contribution in [0.25, 0.3) is 0 Å². The molecule has 0 saturated heterocycles. The first-order valence-electron chi connectivity index (χ1n) is 4.32. The average Bonchev–Trinajstić information content (AvgIpc) is 2.05. The molecule has 1 aliphatic rings. The minimum atomic E-state index is -0.833. The first-order valence-corrected chi connectivity index (χ1v) is 4.32. The molecule has 1 rings (SSSR count). The van der Waals surface area contributed by atoms with Crippen molar-refractivity contribution in [1.82, 2.24) is 0 Å². The number of aliphatic hydroxyl groups excluding tert-OH is 1. The van der Waals surface area contributed by atoms with Crippen LogP contribution in [0.5, 0.6) is 0 Å². The van der Waals surface area contributed by atoms with Crippen molar-refractivity contribution in [3.05, 3.63) is 0 Å². The van der Waals surface area contributed by atoms with Gasteiger partial charge in [-0.1, -0.05) is 19.3 Å². The molecular formula is C8H18N2O2. The Morgan fingerprint density at radius 3 is 1.92 bits per heavy atom. The second-order valence-corrected chi connectivity index (χ2v) is 3.09. The Kier molecular flexibility index (Phi) is 6.47. The Morgan fingerprint density at radius 2 is 1.67 bits per heavy atom. The minimum Gasteiger partial charge on any atom is -0.396 e. The number of hydrogen-bond donors (Lipinski definition) is 3. The smallest absolute Gasteiger partial charge is 0.309 e. The molecule has 0 aromatic carbocycles. The lowest BCUT2D eigenvalue weighted by Gasteiger charge is -2.18. The summed E-state index contributed by atoms with van der Waals surface area (Å²) in [6.07, 6.45) is 6.58. The number of hydrogen-bond acceptors (Lipinski definition) is 2. The highest BCUT2D eigenvalue weighted by molar-refractivity contribution is 5.69. The van der Waals surface area contributed by atoms with Gasteiger partial charge in [0.25, 0.3) is 0 Å². The molecule has 0 heterocycles. The van der Waals surface area contributed by atoms with Crippen molar-refractivity contribution in [2.24, 2.45) is 17.4 Å². The summed E-state index contributed by atoms with van der Waals surface area (Å²) in [4.78, 5) is 9.00. The van der Waals surface area contributed by atoms with E-state index in [-0.39, 0.29) is 0 Å². The molecule has 72 valence electrons. The molecule has 1 aliphatic carbocycles. The van der Waals surface area contributed by atoms with Crippen molar-refractivity contribution in [3.8, 4) is 0 Å². The van der Waals surface area contributed by atoms with Crippen LogP contribution in [0.1, 0.15) is 32.1 Å². The predicted octanol–water partition coefficient (Wildman–Crippen LogP) is 0.583. The molecule has 0 spiro atoms. The van der Waals surface area contributed by atoms with Gasteiger partial charge in [-0.2, -0.15) is 0 Å². The van der Waals surface area contributed by atoms with E-state index in [1.807, 2.05) is 0 Å². The monoisotopic (exact) mass is 174 g/mol. The molecule has 0 aromatic heterocycles. The fourth-order valence-corrected chi connectivity index (χ4v) is 1.37. The van der Waals surface area contributed by atoms with E-state index in [4.69, 9.17) is 9.90 Å². The maximum Gasteiger partial charge on any atom is 0.309 e. The van der Waals surface area contributed by atoms with Gasteiger partial charge in [-0.3, -0.25) is 0 Å².